The second kappa shape index (κ2) is 32.0. The Kier molecular flexibility index (Phi) is 26.8. The third kappa shape index (κ3) is 23.5. The minimum Gasteiger partial charge on any atom is -0.494 e. The molecule has 0 saturated carbocycles. The summed E-state index contributed by atoms with van der Waals surface area (Å²) in [5.74, 6) is 1.93. The SMILES string of the molecule is CCCCCCCCCCCCCCCOc1ccc(/C=C/c2ccc(/C=C/c3ccc(OCCCCCCCCCCCCCCC)cc3)cc2)cc1. The van der Waals surface area contributed by atoms with Crippen molar-refractivity contribution in [3.8, 4) is 11.5 Å². The standard InChI is InChI=1S/C52H78O2/c1-3-5-7-9-11-13-15-17-19-21-23-25-27-45-53-51-41-37-49(38-42-51)35-33-47-29-31-48(32-30-47)34-36-50-39-43-52(44-40-50)54-46-28-26-24-22-20-18-16-14-12-10-8-6-4-2/h29-44H,3-28,45-46H2,1-2H3/b35-33+,36-34+. The van der Waals surface area contributed by atoms with Gasteiger partial charge in [0.1, 0.15) is 11.5 Å². The van der Waals surface area contributed by atoms with Crippen LogP contribution in [0.5, 0.6) is 11.5 Å². The van der Waals surface area contributed by atoms with Gasteiger partial charge in [0, 0.05) is 0 Å². The van der Waals surface area contributed by atoms with E-state index in [2.05, 4.69) is 111 Å². The molecular weight excluding hydrogens is 657 g/mol. The maximum Gasteiger partial charge on any atom is 0.119 e. The van der Waals surface area contributed by atoms with Crippen LogP contribution in [0.25, 0.3) is 24.3 Å². The molecule has 0 aliphatic rings. The molecule has 2 heteroatoms. The van der Waals surface area contributed by atoms with Crippen LogP contribution in [0.15, 0.2) is 72.8 Å². The predicted octanol–water partition coefficient (Wildman–Crippen LogP) is 17.0. The van der Waals surface area contributed by atoms with Crippen molar-refractivity contribution in [2.45, 2.75) is 181 Å². The van der Waals surface area contributed by atoms with Crippen molar-refractivity contribution in [2.75, 3.05) is 13.2 Å². The number of hydrogen-bond donors (Lipinski definition) is 0. The lowest BCUT2D eigenvalue weighted by Crippen LogP contribution is -1.97. The van der Waals surface area contributed by atoms with E-state index in [1.165, 1.54) is 176 Å². The number of rotatable bonds is 34. The molecule has 0 aliphatic carbocycles. The van der Waals surface area contributed by atoms with Gasteiger partial charge in [0.25, 0.3) is 0 Å². The summed E-state index contributed by atoms with van der Waals surface area (Å²) < 4.78 is 12.0. The molecule has 0 saturated heterocycles. The average molecular weight is 735 g/mol. The summed E-state index contributed by atoms with van der Waals surface area (Å²) in [4.78, 5) is 0. The van der Waals surface area contributed by atoms with E-state index < -0.39 is 0 Å². The fraction of sp³-hybridized carbons (Fsp3) is 0.577. The highest BCUT2D eigenvalue weighted by atomic mass is 16.5. The van der Waals surface area contributed by atoms with Crippen LogP contribution in [0.2, 0.25) is 0 Å². The van der Waals surface area contributed by atoms with E-state index in [-0.39, 0.29) is 0 Å². The molecule has 0 spiro atoms. The van der Waals surface area contributed by atoms with Crippen LogP contribution in [0.1, 0.15) is 203 Å². The number of hydrogen-bond acceptors (Lipinski definition) is 2. The molecule has 0 amide bonds. The molecule has 3 aromatic rings. The highest BCUT2D eigenvalue weighted by molar-refractivity contribution is 5.73. The van der Waals surface area contributed by atoms with Gasteiger partial charge in [-0.1, -0.05) is 241 Å². The molecule has 0 aromatic heterocycles. The minimum atomic E-state index is 0.813. The zero-order chi connectivity index (χ0) is 38.0. The average Bonchev–Trinajstić information content (AvgIpc) is 3.21. The predicted molar refractivity (Wildman–Crippen MR) is 240 cm³/mol. The third-order valence-corrected chi connectivity index (χ3v) is 10.7. The van der Waals surface area contributed by atoms with Crippen molar-refractivity contribution in [3.05, 3.63) is 95.1 Å². The number of unbranched alkanes of at least 4 members (excludes halogenated alkanes) is 24. The molecule has 0 unspecified atom stereocenters. The summed E-state index contributed by atoms with van der Waals surface area (Å²) >= 11 is 0. The Hall–Kier alpha value is -3.26. The van der Waals surface area contributed by atoms with Gasteiger partial charge < -0.3 is 9.47 Å². The Morgan fingerprint density at radius 1 is 0.278 bits per heavy atom. The summed E-state index contributed by atoms with van der Waals surface area (Å²) in [6.45, 7) is 6.21. The molecular formula is C52H78O2. The Balaban J connectivity index is 1.20. The van der Waals surface area contributed by atoms with Gasteiger partial charge in [-0.2, -0.15) is 0 Å². The monoisotopic (exact) mass is 735 g/mol. The molecule has 3 aromatic carbocycles. The lowest BCUT2D eigenvalue weighted by Gasteiger charge is -2.07. The van der Waals surface area contributed by atoms with Gasteiger partial charge in [-0.15, -0.1) is 0 Å². The van der Waals surface area contributed by atoms with Crippen LogP contribution >= 0.6 is 0 Å². The molecule has 0 N–H and O–H groups in total. The first-order valence-electron chi connectivity index (χ1n) is 22.7. The second-order valence-electron chi connectivity index (χ2n) is 15.7. The zero-order valence-corrected chi connectivity index (χ0v) is 34.9. The van der Waals surface area contributed by atoms with E-state index in [9.17, 15) is 0 Å². The minimum absolute atomic E-state index is 0.813. The van der Waals surface area contributed by atoms with Gasteiger partial charge in [-0.05, 0) is 59.4 Å². The highest BCUT2D eigenvalue weighted by Crippen LogP contribution is 2.19. The lowest BCUT2D eigenvalue weighted by molar-refractivity contribution is 0.304. The van der Waals surface area contributed by atoms with E-state index >= 15 is 0 Å². The fourth-order valence-electron chi connectivity index (χ4n) is 7.07. The van der Waals surface area contributed by atoms with Crippen molar-refractivity contribution in [1.82, 2.24) is 0 Å². The molecule has 0 heterocycles. The summed E-state index contributed by atoms with van der Waals surface area (Å²) in [6.07, 6.45) is 44.4. The lowest BCUT2D eigenvalue weighted by atomic mass is 10.0. The van der Waals surface area contributed by atoms with Crippen molar-refractivity contribution >= 4 is 24.3 Å². The van der Waals surface area contributed by atoms with E-state index in [4.69, 9.17) is 9.47 Å². The third-order valence-electron chi connectivity index (χ3n) is 10.7. The first-order chi connectivity index (χ1) is 26.8. The summed E-state index contributed by atoms with van der Waals surface area (Å²) in [6, 6.07) is 25.6. The van der Waals surface area contributed by atoms with Gasteiger partial charge in [0.05, 0.1) is 13.2 Å². The summed E-state index contributed by atoms with van der Waals surface area (Å²) in [5.41, 5.74) is 4.76. The maximum atomic E-state index is 6.01. The highest BCUT2D eigenvalue weighted by Gasteiger charge is 1.99. The Bertz CT molecular complexity index is 1210. The Labute approximate surface area is 333 Å². The number of benzene rings is 3. The van der Waals surface area contributed by atoms with Crippen LogP contribution in [-0.2, 0) is 0 Å². The molecule has 3 rings (SSSR count). The fourth-order valence-corrected chi connectivity index (χ4v) is 7.07. The van der Waals surface area contributed by atoms with Crippen molar-refractivity contribution < 1.29 is 9.47 Å². The van der Waals surface area contributed by atoms with Gasteiger partial charge in [-0.3, -0.25) is 0 Å². The van der Waals surface area contributed by atoms with Crippen molar-refractivity contribution in [3.63, 3.8) is 0 Å². The summed E-state index contributed by atoms with van der Waals surface area (Å²) in [5, 5.41) is 0. The van der Waals surface area contributed by atoms with Crippen LogP contribution in [0.4, 0.5) is 0 Å². The van der Waals surface area contributed by atoms with E-state index in [1.54, 1.807) is 0 Å². The van der Waals surface area contributed by atoms with Crippen molar-refractivity contribution in [2.24, 2.45) is 0 Å². The van der Waals surface area contributed by atoms with Crippen LogP contribution in [0.3, 0.4) is 0 Å². The van der Waals surface area contributed by atoms with Crippen LogP contribution in [-0.4, -0.2) is 13.2 Å². The molecule has 298 valence electrons. The quantitative estimate of drug-likeness (QED) is 0.0449. The van der Waals surface area contributed by atoms with Crippen LogP contribution < -0.4 is 9.47 Å². The maximum absolute atomic E-state index is 6.01. The number of ether oxygens (including phenoxy) is 2. The van der Waals surface area contributed by atoms with Gasteiger partial charge in [0.15, 0.2) is 0 Å². The summed E-state index contributed by atoms with van der Waals surface area (Å²) in [7, 11) is 0. The molecule has 0 atom stereocenters. The van der Waals surface area contributed by atoms with Crippen molar-refractivity contribution in [1.29, 1.82) is 0 Å². The molecule has 54 heavy (non-hydrogen) atoms. The Morgan fingerprint density at radius 2 is 0.481 bits per heavy atom. The molecule has 0 radical (unpaired) electrons. The van der Waals surface area contributed by atoms with Crippen LogP contribution in [0, 0.1) is 0 Å². The Morgan fingerprint density at radius 3 is 0.722 bits per heavy atom. The van der Waals surface area contributed by atoms with E-state index in [1.807, 2.05) is 0 Å². The first-order valence-corrected chi connectivity index (χ1v) is 22.7. The zero-order valence-electron chi connectivity index (χ0n) is 34.9. The first kappa shape index (κ1) is 45.1. The molecule has 0 fully saturated rings. The molecule has 2 nitrogen and oxygen atoms in total. The van der Waals surface area contributed by atoms with Gasteiger partial charge >= 0.3 is 0 Å². The smallest absolute Gasteiger partial charge is 0.119 e. The van der Waals surface area contributed by atoms with E-state index in [0.29, 0.717) is 0 Å². The second-order valence-corrected chi connectivity index (χ2v) is 15.7. The van der Waals surface area contributed by atoms with Gasteiger partial charge in [-0.25, -0.2) is 0 Å². The topological polar surface area (TPSA) is 18.5 Å². The largest absolute Gasteiger partial charge is 0.494 e. The molecule has 0 bridgehead atoms. The normalized spacial score (nSPS) is 11.6. The molecule has 0 aliphatic heterocycles. The van der Waals surface area contributed by atoms with Gasteiger partial charge in [0.2, 0.25) is 0 Å². The van der Waals surface area contributed by atoms with E-state index in [0.717, 1.165) is 37.6 Å².